The second-order valence-corrected chi connectivity index (χ2v) is 18.7. The molecule has 4 saturated carbocycles. The second kappa shape index (κ2) is 12.9. The van der Waals surface area contributed by atoms with Gasteiger partial charge in [-0.1, -0.05) is 140 Å². The van der Waals surface area contributed by atoms with Crippen molar-refractivity contribution in [3.8, 4) is 44.5 Å². The van der Waals surface area contributed by atoms with Crippen molar-refractivity contribution in [3.05, 3.63) is 199 Å². The highest BCUT2D eigenvalue weighted by Crippen LogP contribution is 2.73. The van der Waals surface area contributed by atoms with Gasteiger partial charge in [0.1, 0.15) is 0 Å². The standard InChI is InChI=1S/C57H43NS/c1-4-13-37(14-5-1)40-19-12-20-45(31-40)58(54-34-42(39-17-8-3-9-18-39)33-50-47-21-10-11-22-55(47)59-56(50)54)46-24-26-52-49(35-46)48-32-41(38-15-6-2-7-16-38)23-25-51(48)57(52)44-28-36-27-43(30-44)53(57)29-36/h1-26,31-36,43-44,53H,27-30H2. The molecule has 1 heterocycles. The van der Waals surface area contributed by atoms with Gasteiger partial charge in [0.15, 0.2) is 0 Å². The molecular weight excluding hydrogens is 731 g/mol. The lowest BCUT2D eigenvalue weighted by Crippen LogP contribution is -2.40. The Kier molecular flexibility index (Phi) is 7.37. The summed E-state index contributed by atoms with van der Waals surface area (Å²) >= 11 is 1.91. The van der Waals surface area contributed by atoms with Crippen LogP contribution in [-0.4, -0.2) is 0 Å². The zero-order valence-electron chi connectivity index (χ0n) is 32.9. The molecule has 282 valence electrons. The molecule has 2 heteroatoms. The molecule has 9 aromatic rings. The summed E-state index contributed by atoms with van der Waals surface area (Å²) in [4.78, 5) is 2.58. The summed E-state index contributed by atoms with van der Waals surface area (Å²) in [6, 6.07) is 70.9. The highest BCUT2D eigenvalue weighted by Gasteiger charge is 2.66. The molecule has 1 aromatic heterocycles. The molecule has 5 aliphatic rings. The predicted molar refractivity (Wildman–Crippen MR) is 249 cm³/mol. The molecule has 5 unspecified atom stereocenters. The van der Waals surface area contributed by atoms with Gasteiger partial charge < -0.3 is 4.90 Å². The quantitative estimate of drug-likeness (QED) is 0.163. The molecule has 4 fully saturated rings. The number of hydrogen-bond donors (Lipinski definition) is 0. The maximum atomic E-state index is 2.58. The number of nitrogens with zero attached hydrogens (tertiary/aromatic N) is 1. The van der Waals surface area contributed by atoms with Crippen LogP contribution in [0.25, 0.3) is 64.7 Å². The zero-order chi connectivity index (χ0) is 38.7. The average Bonchev–Trinajstić information content (AvgIpc) is 3.98. The largest absolute Gasteiger partial charge is 0.309 e. The van der Waals surface area contributed by atoms with Gasteiger partial charge in [-0.15, -0.1) is 11.3 Å². The summed E-state index contributed by atoms with van der Waals surface area (Å²) in [5.74, 6) is 3.22. The van der Waals surface area contributed by atoms with Crippen LogP contribution >= 0.6 is 11.3 Å². The molecular formula is C57H43NS. The van der Waals surface area contributed by atoms with Gasteiger partial charge in [-0.05, 0) is 154 Å². The smallest absolute Gasteiger partial charge is 0.0646 e. The monoisotopic (exact) mass is 773 g/mol. The van der Waals surface area contributed by atoms with E-state index in [1.807, 2.05) is 11.3 Å². The van der Waals surface area contributed by atoms with Gasteiger partial charge in [0, 0.05) is 32.3 Å². The van der Waals surface area contributed by atoms with Gasteiger partial charge in [0.25, 0.3) is 0 Å². The zero-order valence-corrected chi connectivity index (χ0v) is 33.7. The van der Waals surface area contributed by atoms with Crippen molar-refractivity contribution in [2.75, 3.05) is 4.90 Å². The first-order valence-corrected chi connectivity index (χ1v) is 22.3. The van der Waals surface area contributed by atoms with E-state index >= 15 is 0 Å². The SMILES string of the molecule is c1ccc(-c2cccc(N(c3ccc4c(c3)-c3cc(-c5ccccc5)ccc3C43C4CC5CC(C4)C3C5)c3cc(-c4ccccc4)cc4c3sc3ccccc34)c2)cc1. The van der Waals surface area contributed by atoms with Crippen molar-refractivity contribution in [3.63, 3.8) is 0 Å². The Morgan fingerprint density at radius 2 is 1.07 bits per heavy atom. The molecule has 59 heavy (non-hydrogen) atoms. The van der Waals surface area contributed by atoms with E-state index in [0.29, 0.717) is 0 Å². The second-order valence-electron chi connectivity index (χ2n) is 17.7. The van der Waals surface area contributed by atoms with Crippen LogP contribution in [0.15, 0.2) is 188 Å². The fourth-order valence-corrected chi connectivity index (χ4v) is 13.8. The van der Waals surface area contributed by atoms with Crippen molar-refractivity contribution in [1.29, 1.82) is 0 Å². The molecule has 1 nitrogen and oxygen atoms in total. The van der Waals surface area contributed by atoms with E-state index in [-0.39, 0.29) is 5.41 Å². The van der Waals surface area contributed by atoms with Crippen LogP contribution in [0.4, 0.5) is 17.1 Å². The molecule has 0 amide bonds. The summed E-state index contributed by atoms with van der Waals surface area (Å²) in [6.45, 7) is 0. The number of anilines is 3. The van der Waals surface area contributed by atoms with Crippen LogP contribution in [0, 0.1) is 23.7 Å². The number of thiophene rings is 1. The predicted octanol–water partition coefficient (Wildman–Crippen LogP) is 15.9. The Balaban J connectivity index is 1.08. The summed E-state index contributed by atoms with van der Waals surface area (Å²) < 4.78 is 2.63. The molecule has 8 aromatic carbocycles. The normalized spacial score (nSPS) is 22.0. The Morgan fingerprint density at radius 3 is 1.81 bits per heavy atom. The lowest BCUT2D eigenvalue weighted by molar-refractivity contribution is 0.191. The van der Waals surface area contributed by atoms with E-state index in [0.717, 1.165) is 23.7 Å². The van der Waals surface area contributed by atoms with E-state index in [1.165, 1.54) is 107 Å². The third-order valence-electron chi connectivity index (χ3n) is 14.8. The van der Waals surface area contributed by atoms with E-state index in [1.54, 1.807) is 11.1 Å². The lowest BCUT2D eigenvalue weighted by Gasteiger charge is -2.44. The van der Waals surface area contributed by atoms with Crippen LogP contribution < -0.4 is 4.90 Å². The van der Waals surface area contributed by atoms with Crippen LogP contribution in [0.1, 0.15) is 36.8 Å². The molecule has 0 aliphatic heterocycles. The van der Waals surface area contributed by atoms with Gasteiger partial charge in [0.05, 0.1) is 10.4 Å². The molecule has 14 rings (SSSR count). The lowest BCUT2D eigenvalue weighted by atomic mass is 9.59. The van der Waals surface area contributed by atoms with Crippen molar-refractivity contribution in [2.45, 2.75) is 31.1 Å². The minimum absolute atomic E-state index is 0.111. The van der Waals surface area contributed by atoms with Gasteiger partial charge in [-0.3, -0.25) is 0 Å². The molecule has 0 N–H and O–H groups in total. The van der Waals surface area contributed by atoms with Gasteiger partial charge in [-0.25, -0.2) is 0 Å². The van der Waals surface area contributed by atoms with E-state index < -0.39 is 0 Å². The van der Waals surface area contributed by atoms with Crippen molar-refractivity contribution >= 4 is 48.6 Å². The topological polar surface area (TPSA) is 3.24 Å². The molecule has 0 saturated heterocycles. The summed E-state index contributed by atoms with van der Waals surface area (Å²) in [7, 11) is 0. The Bertz CT molecular complexity index is 3090. The van der Waals surface area contributed by atoms with Crippen LogP contribution in [0.2, 0.25) is 0 Å². The third kappa shape index (κ3) is 4.96. The van der Waals surface area contributed by atoms with E-state index in [9.17, 15) is 0 Å². The summed E-state index contributed by atoms with van der Waals surface area (Å²) in [5.41, 5.74) is 17.3. The van der Waals surface area contributed by atoms with Crippen molar-refractivity contribution < 1.29 is 0 Å². The number of fused-ring (bicyclic) bond motifs is 6. The highest BCUT2D eigenvalue weighted by atomic mass is 32.1. The van der Waals surface area contributed by atoms with Gasteiger partial charge >= 0.3 is 0 Å². The first-order chi connectivity index (χ1) is 29.2. The van der Waals surface area contributed by atoms with Crippen molar-refractivity contribution in [2.24, 2.45) is 23.7 Å². The summed E-state index contributed by atoms with van der Waals surface area (Å²) in [5, 5.41) is 2.62. The highest BCUT2D eigenvalue weighted by molar-refractivity contribution is 7.26. The first-order valence-electron chi connectivity index (χ1n) is 21.5. The fraction of sp³-hybridized carbons (Fsp3) is 0.158. The minimum Gasteiger partial charge on any atom is -0.309 e. The van der Waals surface area contributed by atoms with E-state index in [4.69, 9.17) is 0 Å². The van der Waals surface area contributed by atoms with Crippen LogP contribution in [0.5, 0.6) is 0 Å². The molecule has 5 atom stereocenters. The van der Waals surface area contributed by atoms with Gasteiger partial charge in [0.2, 0.25) is 0 Å². The molecule has 5 aliphatic carbocycles. The van der Waals surface area contributed by atoms with Crippen molar-refractivity contribution in [1.82, 2.24) is 0 Å². The van der Waals surface area contributed by atoms with E-state index in [2.05, 4.69) is 193 Å². The van der Waals surface area contributed by atoms with Crippen LogP contribution in [-0.2, 0) is 5.41 Å². The fourth-order valence-electron chi connectivity index (χ4n) is 12.6. The van der Waals surface area contributed by atoms with Crippen LogP contribution in [0.3, 0.4) is 0 Å². The number of benzene rings is 8. The Labute approximate surface area is 350 Å². The first kappa shape index (κ1) is 33.7. The maximum absolute atomic E-state index is 2.58. The average molecular weight is 774 g/mol. The summed E-state index contributed by atoms with van der Waals surface area (Å²) in [6.07, 6.45) is 5.58. The molecule has 4 bridgehead atoms. The maximum Gasteiger partial charge on any atom is 0.0646 e. The third-order valence-corrected chi connectivity index (χ3v) is 16.0. The van der Waals surface area contributed by atoms with Gasteiger partial charge in [-0.2, -0.15) is 0 Å². The minimum atomic E-state index is 0.111. The Morgan fingerprint density at radius 1 is 0.441 bits per heavy atom. The Hall–Kier alpha value is -6.22. The number of rotatable bonds is 6. The number of hydrogen-bond acceptors (Lipinski definition) is 2. The molecule has 1 spiro atoms. The molecule has 0 radical (unpaired) electrons.